The zero-order valence-electron chi connectivity index (χ0n) is 7.58. The van der Waals surface area contributed by atoms with Crippen molar-refractivity contribution in [1.82, 2.24) is 5.08 Å². The Morgan fingerprint density at radius 3 is 2.27 bits per heavy atom. The average Bonchev–Trinajstić information content (AvgIpc) is 2.57. The number of nitrogens with zero attached hydrogens (tertiary/aromatic N) is 1. The van der Waals surface area contributed by atoms with Crippen LogP contribution in [0.15, 0.2) is 49.0 Å². The first-order valence-electron chi connectivity index (χ1n) is 4.17. The molecular formula is C9H7NO5. The third-order valence-corrected chi connectivity index (χ3v) is 1.66. The van der Waals surface area contributed by atoms with E-state index in [0.717, 1.165) is 5.56 Å². The van der Waals surface area contributed by atoms with Crippen LogP contribution in [-0.4, -0.2) is 5.08 Å². The summed E-state index contributed by atoms with van der Waals surface area (Å²) < 4.78 is 8.59. The lowest BCUT2D eigenvalue weighted by Crippen LogP contribution is -2.14. The number of aromatic nitrogens is 1. The van der Waals surface area contributed by atoms with Gasteiger partial charge in [0.1, 0.15) is 11.7 Å². The van der Waals surface area contributed by atoms with E-state index in [1.165, 1.54) is 0 Å². The quantitative estimate of drug-likeness (QED) is 0.666. The molecule has 15 heavy (non-hydrogen) atoms. The van der Waals surface area contributed by atoms with Gasteiger partial charge in [0.2, 0.25) is 0 Å². The molecule has 1 aromatic carbocycles. The van der Waals surface area contributed by atoms with Crippen molar-refractivity contribution in [3.63, 3.8) is 0 Å². The van der Waals surface area contributed by atoms with Crippen molar-refractivity contribution in [2.75, 3.05) is 0 Å². The van der Waals surface area contributed by atoms with Gasteiger partial charge in [-0.2, -0.15) is 0 Å². The van der Waals surface area contributed by atoms with Gasteiger partial charge in [-0.05, 0) is 5.56 Å². The predicted octanol–water partition coefficient (Wildman–Crippen LogP) is 0.0233. The normalized spacial score (nSPS) is 10.1. The van der Waals surface area contributed by atoms with Crippen molar-refractivity contribution in [1.29, 1.82) is 0 Å². The van der Waals surface area contributed by atoms with Gasteiger partial charge in [0.05, 0.1) is 0 Å². The summed E-state index contributed by atoms with van der Waals surface area (Å²) in [4.78, 5) is 26.0. The Morgan fingerprint density at radius 1 is 1.07 bits per heavy atom. The molecule has 0 amide bonds. The Bertz CT molecular complexity index is 508. The van der Waals surface area contributed by atoms with E-state index in [-0.39, 0.29) is 6.61 Å². The van der Waals surface area contributed by atoms with E-state index < -0.39 is 11.3 Å². The summed E-state index contributed by atoms with van der Waals surface area (Å²) in [5.41, 5.74) is -1.33. The molecule has 2 rings (SSSR count). The second-order valence-electron chi connectivity index (χ2n) is 2.74. The standard InChI is InChI=1S/C9H7NO5/c11-8-9(12)15-10(14-8)13-6-7-4-2-1-3-5-7/h1-5H,6H2. The number of hydrogen-bond donors (Lipinski definition) is 0. The third-order valence-electron chi connectivity index (χ3n) is 1.66. The Hall–Kier alpha value is -2.24. The van der Waals surface area contributed by atoms with Crippen LogP contribution in [0.3, 0.4) is 0 Å². The van der Waals surface area contributed by atoms with E-state index in [4.69, 9.17) is 4.84 Å². The van der Waals surface area contributed by atoms with Gasteiger partial charge in [0.25, 0.3) is 0 Å². The van der Waals surface area contributed by atoms with E-state index >= 15 is 0 Å². The first kappa shape index (κ1) is 9.32. The Kier molecular flexibility index (Phi) is 2.40. The molecule has 0 aliphatic carbocycles. The first-order valence-corrected chi connectivity index (χ1v) is 4.17. The van der Waals surface area contributed by atoms with Crippen LogP contribution < -0.4 is 16.1 Å². The highest BCUT2D eigenvalue weighted by molar-refractivity contribution is 5.13. The van der Waals surface area contributed by atoms with Crippen LogP contribution in [0.5, 0.6) is 0 Å². The summed E-state index contributed by atoms with van der Waals surface area (Å²) in [6, 6.07) is 9.17. The van der Waals surface area contributed by atoms with Gasteiger partial charge in [-0.15, -0.1) is 0 Å². The molecule has 0 spiro atoms. The minimum atomic E-state index is -1.09. The van der Waals surface area contributed by atoms with Crippen molar-refractivity contribution < 1.29 is 13.9 Å². The van der Waals surface area contributed by atoms with Gasteiger partial charge in [0.15, 0.2) is 0 Å². The maximum Gasteiger partial charge on any atom is 0.449 e. The maximum absolute atomic E-state index is 10.6. The number of hydrogen-bond acceptors (Lipinski definition) is 5. The molecule has 2 aromatic rings. The fraction of sp³-hybridized carbons (Fsp3) is 0.111. The van der Waals surface area contributed by atoms with Crippen LogP contribution in [0.25, 0.3) is 0 Å². The fourth-order valence-electron chi connectivity index (χ4n) is 0.983. The second-order valence-corrected chi connectivity index (χ2v) is 2.74. The molecule has 1 heterocycles. The first-order chi connectivity index (χ1) is 7.25. The molecule has 0 aliphatic heterocycles. The smallest absolute Gasteiger partial charge is 0.353 e. The van der Waals surface area contributed by atoms with Crippen LogP contribution in [0, 0.1) is 0 Å². The summed E-state index contributed by atoms with van der Waals surface area (Å²) in [5.74, 6) is 0. The summed E-state index contributed by atoms with van der Waals surface area (Å²) in [6.45, 7) is 0.140. The molecule has 0 fully saturated rings. The molecule has 0 aliphatic rings. The molecule has 0 N–H and O–H groups in total. The van der Waals surface area contributed by atoms with Crippen LogP contribution in [-0.2, 0) is 6.61 Å². The van der Waals surface area contributed by atoms with Crippen molar-refractivity contribution in [3.8, 4) is 0 Å². The molecule has 1 aromatic heterocycles. The Labute approximate surface area is 83.2 Å². The van der Waals surface area contributed by atoms with Crippen molar-refractivity contribution in [2.24, 2.45) is 0 Å². The van der Waals surface area contributed by atoms with Crippen molar-refractivity contribution in [3.05, 3.63) is 56.7 Å². The van der Waals surface area contributed by atoms with Gasteiger partial charge >= 0.3 is 11.3 Å². The van der Waals surface area contributed by atoms with Gasteiger partial charge in [-0.3, -0.25) is 9.05 Å². The third kappa shape index (κ3) is 2.16. The predicted molar refractivity (Wildman–Crippen MR) is 48.2 cm³/mol. The summed E-state index contributed by atoms with van der Waals surface area (Å²) in [6.07, 6.45) is 0. The second kappa shape index (κ2) is 3.87. The Morgan fingerprint density at radius 2 is 1.67 bits per heavy atom. The maximum atomic E-state index is 10.6. The molecule has 6 heteroatoms. The minimum absolute atomic E-state index is 0.140. The van der Waals surface area contributed by atoms with Crippen molar-refractivity contribution in [2.45, 2.75) is 6.61 Å². The van der Waals surface area contributed by atoms with E-state index in [0.29, 0.717) is 5.08 Å². The lowest BCUT2D eigenvalue weighted by atomic mass is 10.2. The molecule has 0 saturated carbocycles. The highest BCUT2D eigenvalue weighted by Gasteiger charge is 2.05. The topological polar surface area (TPSA) is 74.6 Å². The van der Waals surface area contributed by atoms with E-state index in [1.807, 2.05) is 30.3 Å². The summed E-state index contributed by atoms with van der Waals surface area (Å²) in [7, 11) is 0. The molecule has 0 unspecified atom stereocenters. The molecular weight excluding hydrogens is 202 g/mol. The van der Waals surface area contributed by atoms with Crippen LogP contribution in [0.2, 0.25) is 0 Å². The van der Waals surface area contributed by atoms with Crippen molar-refractivity contribution >= 4 is 0 Å². The van der Waals surface area contributed by atoms with Gasteiger partial charge in [-0.25, -0.2) is 9.59 Å². The molecule has 78 valence electrons. The minimum Gasteiger partial charge on any atom is -0.353 e. The van der Waals surface area contributed by atoms with E-state index in [2.05, 4.69) is 9.05 Å². The van der Waals surface area contributed by atoms with E-state index in [1.54, 1.807) is 0 Å². The SMILES string of the molecule is O=c1on(OCc2ccccc2)oc1=O. The molecule has 0 atom stereocenters. The lowest BCUT2D eigenvalue weighted by Gasteiger charge is -2.00. The van der Waals surface area contributed by atoms with Gasteiger partial charge in [-0.1, -0.05) is 30.3 Å². The van der Waals surface area contributed by atoms with Crippen LogP contribution in [0.1, 0.15) is 5.56 Å². The van der Waals surface area contributed by atoms with Crippen LogP contribution in [0.4, 0.5) is 0 Å². The Balaban J connectivity index is 2.05. The number of benzene rings is 1. The molecule has 0 saturated heterocycles. The zero-order chi connectivity index (χ0) is 10.7. The summed E-state index contributed by atoms with van der Waals surface area (Å²) >= 11 is 0. The summed E-state index contributed by atoms with van der Waals surface area (Å²) in [5, 5.41) is 0.400. The van der Waals surface area contributed by atoms with Gasteiger partial charge in [0, 0.05) is 0 Å². The van der Waals surface area contributed by atoms with Crippen LogP contribution >= 0.6 is 0 Å². The lowest BCUT2D eigenvalue weighted by molar-refractivity contribution is -0.152. The van der Waals surface area contributed by atoms with Gasteiger partial charge < -0.3 is 4.84 Å². The largest absolute Gasteiger partial charge is 0.449 e. The van der Waals surface area contributed by atoms with E-state index in [9.17, 15) is 9.59 Å². The highest BCUT2D eigenvalue weighted by atomic mass is 17.0. The molecule has 0 bridgehead atoms. The fourth-order valence-corrected chi connectivity index (χ4v) is 0.983. The highest BCUT2D eigenvalue weighted by Crippen LogP contribution is 1.97. The monoisotopic (exact) mass is 209 g/mol. The average molecular weight is 209 g/mol. The molecule has 0 radical (unpaired) electrons. The zero-order valence-corrected chi connectivity index (χ0v) is 7.58. The number of rotatable bonds is 3. The molecule has 6 nitrogen and oxygen atoms in total.